The Kier molecular flexibility index (Phi) is 4.28. The van der Waals surface area contributed by atoms with E-state index < -0.39 is 10.1 Å². The third-order valence-electron chi connectivity index (χ3n) is 2.86. The second-order valence-corrected chi connectivity index (χ2v) is 5.81. The van der Waals surface area contributed by atoms with Gasteiger partial charge in [-0.1, -0.05) is 6.07 Å². The number of rotatable bonds is 6. The zero-order chi connectivity index (χ0) is 13.7. The lowest BCUT2D eigenvalue weighted by Gasteiger charge is -2.14. The summed E-state index contributed by atoms with van der Waals surface area (Å²) in [6.07, 6.45) is 7.84. The van der Waals surface area contributed by atoms with Crippen LogP contribution in [0.15, 0.2) is 43.1 Å². The third-order valence-corrected chi connectivity index (χ3v) is 3.60. The van der Waals surface area contributed by atoms with Gasteiger partial charge in [0, 0.05) is 30.5 Å². The molecule has 1 atom stereocenters. The van der Waals surface area contributed by atoms with Crippen molar-refractivity contribution < 1.29 is 17.5 Å². The molecule has 0 radical (unpaired) electrons. The smallest absolute Gasteiger partial charge is 0.241 e. The maximum atomic E-state index is 10.8. The molecular weight excluding hydrogens is 266 g/mol. The number of nitrogens with zero attached hydrogens (tertiary/aromatic N) is 2. The minimum Gasteiger partial charge on any atom is -0.748 e. The van der Waals surface area contributed by atoms with Crippen LogP contribution >= 0.6 is 0 Å². The quantitative estimate of drug-likeness (QED) is 0.613. The number of hydrogen-bond acceptors (Lipinski definition) is 4. The molecule has 2 rings (SSSR count). The van der Waals surface area contributed by atoms with E-state index in [0.717, 1.165) is 5.69 Å². The minimum absolute atomic E-state index is 0.107. The van der Waals surface area contributed by atoms with E-state index in [1.165, 1.54) is 0 Å². The van der Waals surface area contributed by atoms with Gasteiger partial charge < -0.3 is 4.55 Å². The number of hydrogen-bond donors (Lipinski definition) is 1. The Morgan fingerprint density at radius 3 is 2.84 bits per heavy atom. The van der Waals surface area contributed by atoms with Crippen molar-refractivity contribution in [3.05, 3.63) is 48.8 Å². The van der Waals surface area contributed by atoms with E-state index in [1.54, 1.807) is 18.7 Å². The average molecular weight is 281 g/mol. The molecule has 6 nitrogen and oxygen atoms in total. The molecule has 1 N–H and O–H groups in total. The van der Waals surface area contributed by atoms with E-state index >= 15 is 0 Å². The summed E-state index contributed by atoms with van der Waals surface area (Å²) >= 11 is 0. The van der Waals surface area contributed by atoms with Crippen LogP contribution in [0.5, 0.6) is 0 Å². The van der Waals surface area contributed by atoms with Gasteiger partial charge in [0.15, 0.2) is 0 Å². The Balaban J connectivity index is 2.11. The van der Waals surface area contributed by atoms with Gasteiger partial charge in [0.1, 0.15) is 18.4 Å². The van der Waals surface area contributed by atoms with Gasteiger partial charge in [-0.2, -0.15) is 0 Å². The highest BCUT2D eigenvalue weighted by Crippen LogP contribution is 2.11. The molecule has 0 saturated heterocycles. The van der Waals surface area contributed by atoms with Crippen LogP contribution in [0.3, 0.4) is 0 Å². The average Bonchev–Trinajstić information content (AvgIpc) is 2.88. The molecule has 19 heavy (non-hydrogen) atoms. The van der Waals surface area contributed by atoms with Crippen LogP contribution in [-0.4, -0.2) is 28.7 Å². The molecule has 2 heterocycles. The molecule has 2 aromatic heterocycles. The van der Waals surface area contributed by atoms with Crippen LogP contribution in [-0.2, 0) is 16.5 Å². The highest BCUT2D eigenvalue weighted by molar-refractivity contribution is 7.85. The lowest BCUT2D eigenvalue weighted by Crippen LogP contribution is -2.39. The van der Waals surface area contributed by atoms with Gasteiger partial charge in [0.25, 0.3) is 0 Å². The molecule has 2 aromatic rings. The number of nitrogens with one attached hydrogen (secondary N) is 1. The number of aromatic nitrogens is 3. The van der Waals surface area contributed by atoms with Gasteiger partial charge in [-0.15, -0.1) is 0 Å². The van der Waals surface area contributed by atoms with E-state index in [4.69, 9.17) is 0 Å². The van der Waals surface area contributed by atoms with E-state index in [1.807, 2.05) is 29.0 Å². The van der Waals surface area contributed by atoms with Crippen molar-refractivity contribution in [2.45, 2.75) is 18.9 Å². The minimum atomic E-state index is -4.20. The Morgan fingerprint density at radius 2 is 2.26 bits per heavy atom. The second-order valence-electron chi connectivity index (χ2n) is 4.29. The van der Waals surface area contributed by atoms with Gasteiger partial charge in [0.05, 0.1) is 10.1 Å². The molecular formula is C12H15N3O3S. The monoisotopic (exact) mass is 281 g/mol. The zero-order valence-electron chi connectivity index (χ0n) is 10.3. The summed E-state index contributed by atoms with van der Waals surface area (Å²) in [4.78, 5) is 7.13. The molecule has 0 bridgehead atoms. The van der Waals surface area contributed by atoms with E-state index in [2.05, 4.69) is 9.97 Å². The third kappa shape index (κ3) is 4.46. The fraction of sp³-hybridized carbons (Fsp3) is 0.333. The van der Waals surface area contributed by atoms with Crippen molar-refractivity contribution in [1.29, 1.82) is 0 Å². The molecule has 0 spiro atoms. The van der Waals surface area contributed by atoms with Crippen molar-refractivity contribution in [2.24, 2.45) is 0 Å². The highest BCUT2D eigenvalue weighted by Gasteiger charge is 2.18. The Labute approximate surface area is 111 Å². The van der Waals surface area contributed by atoms with Gasteiger partial charge in [-0.05, 0) is 12.1 Å². The van der Waals surface area contributed by atoms with Crippen molar-refractivity contribution in [2.75, 3.05) is 5.75 Å². The summed E-state index contributed by atoms with van der Waals surface area (Å²) < 4.78 is 34.2. The number of aromatic amines is 1. The Morgan fingerprint density at radius 1 is 1.42 bits per heavy atom. The van der Waals surface area contributed by atoms with Crippen LogP contribution in [0.4, 0.5) is 0 Å². The first-order chi connectivity index (χ1) is 9.04. The summed E-state index contributed by atoms with van der Waals surface area (Å²) in [5.74, 6) is -0.372. The summed E-state index contributed by atoms with van der Waals surface area (Å²) in [6, 6.07) is 5.48. The molecule has 1 unspecified atom stereocenters. The van der Waals surface area contributed by atoms with E-state index in [9.17, 15) is 13.0 Å². The topological polar surface area (TPSA) is 89.8 Å². The van der Waals surface area contributed by atoms with Crippen LogP contribution < -0.4 is 4.57 Å². The number of pyridine rings is 1. The van der Waals surface area contributed by atoms with Crippen LogP contribution in [0.2, 0.25) is 0 Å². The first kappa shape index (κ1) is 13.7. The zero-order valence-corrected chi connectivity index (χ0v) is 11.1. The van der Waals surface area contributed by atoms with Gasteiger partial charge in [-0.3, -0.25) is 9.97 Å². The lowest BCUT2D eigenvalue weighted by atomic mass is 10.1. The van der Waals surface area contributed by atoms with Crippen LogP contribution in [0, 0.1) is 0 Å². The predicted octanol–water partition coefficient (Wildman–Crippen LogP) is 0.416. The maximum absolute atomic E-state index is 10.8. The fourth-order valence-corrected chi connectivity index (χ4v) is 2.49. The molecule has 0 saturated carbocycles. The second kappa shape index (κ2) is 5.94. The van der Waals surface area contributed by atoms with Crippen LogP contribution in [0.25, 0.3) is 0 Å². The van der Waals surface area contributed by atoms with E-state index in [0.29, 0.717) is 6.42 Å². The van der Waals surface area contributed by atoms with Gasteiger partial charge in [-0.25, -0.2) is 13.0 Å². The van der Waals surface area contributed by atoms with Gasteiger partial charge >= 0.3 is 0 Å². The van der Waals surface area contributed by atoms with Crippen molar-refractivity contribution >= 4 is 10.1 Å². The number of H-pyrrole nitrogens is 1. The highest BCUT2D eigenvalue weighted by atomic mass is 32.2. The normalized spacial score (nSPS) is 13.3. The van der Waals surface area contributed by atoms with E-state index in [-0.39, 0.29) is 18.2 Å². The summed E-state index contributed by atoms with van der Waals surface area (Å²) in [5, 5.41) is 0. The first-order valence-corrected chi connectivity index (χ1v) is 7.49. The molecule has 102 valence electrons. The first-order valence-electron chi connectivity index (χ1n) is 5.91. The molecule has 0 fully saturated rings. The lowest BCUT2D eigenvalue weighted by molar-refractivity contribution is -0.721. The summed E-state index contributed by atoms with van der Waals surface area (Å²) in [5.41, 5.74) is 0.865. The molecule has 0 aliphatic rings. The fourth-order valence-electron chi connectivity index (χ4n) is 1.93. The van der Waals surface area contributed by atoms with Crippen molar-refractivity contribution in [3.8, 4) is 0 Å². The molecule has 0 aliphatic heterocycles. The Hall–Kier alpha value is -1.73. The van der Waals surface area contributed by atoms with Crippen molar-refractivity contribution in [1.82, 2.24) is 9.97 Å². The number of imidazole rings is 1. The van der Waals surface area contributed by atoms with Crippen LogP contribution in [0.1, 0.15) is 18.2 Å². The largest absolute Gasteiger partial charge is 0.748 e. The molecule has 0 aromatic carbocycles. The summed E-state index contributed by atoms with van der Waals surface area (Å²) in [6.45, 7) is 0. The molecule has 0 amide bonds. The summed E-state index contributed by atoms with van der Waals surface area (Å²) in [7, 11) is -4.20. The van der Waals surface area contributed by atoms with Crippen molar-refractivity contribution in [3.63, 3.8) is 0 Å². The SMILES string of the molecule is O=S(=O)([O-])CCC(Cc1ccccn1)[n+]1cc[nH]c1. The predicted molar refractivity (Wildman–Crippen MR) is 67.1 cm³/mol. The van der Waals surface area contributed by atoms with Gasteiger partial charge in [0.2, 0.25) is 6.33 Å². The standard InChI is InChI=1S/C12H15N3O3S/c16-19(17,18)8-4-12(15-7-6-13-10-15)9-11-3-1-2-5-14-11/h1-3,5-7,10,12H,4,8-9H2,(H,16,17,18). The molecule has 7 heteroatoms. The maximum Gasteiger partial charge on any atom is 0.241 e. The Bertz CT molecular complexity index is 596. The molecule has 0 aliphatic carbocycles.